The van der Waals surface area contributed by atoms with E-state index in [9.17, 15) is 65.9 Å². The van der Waals surface area contributed by atoms with Gasteiger partial charge in [-0.05, 0) is 105 Å². The second-order valence-electron chi connectivity index (χ2n) is 14.2. The van der Waals surface area contributed by atoms with Crippen LogP contribution in [-0.4, -0.2) is 12.7 Å². The SMILES string of the molecule is FC(F)(F)Oc1cccc(-c2cccc(-c3cc(C(F)(F)F)ccc3-c3cc(-c4cccc(Br)c4)c(-c4ccccc4C(F)(F)F)c(Cl)c3-c3cccc(C(F)(F)F)c3)c2OC(F)(F)F)c1. The smallest absolute Gasteiger partial charge is 0.406 e. The Morgan fingerprint density at radius 1 is 0.379 bits per heavy atom. The Labute approximate surface area is 376 Å². The summed E-state index contributed by atoms with van der Waals surface area (Å²) in [7, 11) is 0. The van der Waals surface area contributed by atoms with Gasteiger partial charge in [0.05, 0.1) is 21.7 Å². The third kappa shape index (κ3) is 10.4. The standard InChI is InChI=1S/C47H23BrClF15O2/c48-29-11-4-7-24(20-29)35-23-37(39(26-9-3-10-27(19-26)43(50,51)52)41(49)40(35)34-13-1-2-16-38(34)45(56,57)58)32-18-17-28(44(53,54)55)22-36(32)33-15-6-14-31(42(33)66-47(62,63)64)25-8-5-12-30(21-25)65-46(59,60)61/h1-23H. The molecule has 2 nitrogen and oxygen atoms in total. The number of hydrogen-bond acceptors (Lipinski definition) is 2. The van der Waals surface area contributed by atoms with Crippen LogP contribution in [0.3, 0.4) is 0 Å². The highest BCUT2D eigenvalue weighted by Crippen LogP contribution is 2.54. The van der Waals surface area contributed by atoms with Crippen LogP contribution < -0.4 is 9.47 Å². The molecule has 0 aromatic heterocycles. The van der Waals surface area contributed by atoms with Gasteiger partial charge >= 0.3 is 31.3 Å². The Morgan fingerprint density at radius 3 is 1.58 bits per heavy atom. The first-order valence-corrected chi connectivity index (χ1v) is 19.8. The highest BCUT2D eigenvalue weighted by Gasteiger charge is 2.39. The number of benzene rings is 7. The van der Waals surface area contributed by atoms with Gasteiger partial charge in [-0.3, -0.25) is 0 Å². The molecule has 0 fully saturated rings. The predicted octanol–water partition coefficient (Wildman–Crippen LogP) is 18.0. The average Bonchev–Trinajstić information content (AvgIpc) is 3.21. The summed E-state index contributed by atoms with van der Waals surface area (Å²) in [6.07, 6.45) is -26.1. The van der Waals surface area contributed by atoms with E-state index in [0.29, 0.717) is 34.8 Å². The highest BCUT2D eigenvalue weighted by atomic mass is 79.9. The van der Waals surface area contributed by atoms with Gasteiger partial charge < -0.3 is 9.47 Å². The van der Waals surface area contributed by atoms with E-state index in [0.717, 1.165) is 78.9 Å². The zero-order valence-electron chi connectivity index (χ0n) is 32.5. The molecule has 0 unspecified atom stereocenters. The van der Waals surface area contributed by atoms with E-state index in [1.807, 2.05) is 0 Å². The van der Waals surface area contributed by atoms with Crippen LogP contribution in [0.25, 0.3) is 66.8 Å². The molecule has 0 aliphatic rings. The Hall–Kier alpha value is -6.14. The number of halogens is 17. The third-order valence-electron chi connectivity index (χ3n) is 9.92. The zero-order valence-corrected chi connectivity index (χ0v) is 34.9. The Bertz CT molecular complexity index is 2950. The lowest BCUT2D eigenvalue weighted by molar-refractivity contribution is -0.275. The predicted molar refractivity (Wildman–Crippen MR) is 220 cm³/mol. The number of rotatable bonds is 8. The van der Waals surface area contributed by atoms with E-state index in [-0.39, 0.29) is 16.7 Å². The van der Waals surface area contributed by atoms with Gasteiger partial charge in [-0.1, -0.05) is 106 Å². The summed E-state index contributed by atoms with van der Waals surface area (Å²) in [6, 6.07) is 22.6. The molecule has 0 N–H and O–H groups in total. The van der Waals surface area contributed by atoms with Crippen LogP contribution in [0, 0.1) is 0 Å². The maximum atomic E-state index is 14.8. The first-order valence-electron chi connectivity index (χ1n) is 18.6. The average molecular weight is 1020 g/mol. The van der Waals surface area contributed by atoms with Gasteiger partial charge in [0.15, 0.2) is 0 Å². The van der Waals surface area contributed by atoms with Crippen molar-refractivity contribution in [3.8, 4) is 78.3 Å². The second-order valence-corrected chi connectivity index (χ2v) is 15.5. The van der Waals surface area contributed by atoms with Crippen molar-refractivity contribution in [1.82, 2.24) is 0 Å². The van der Waals surface area contributed by atoms with Gasteiger partial charge in [-0.25, -0.2) is 0 Å². The maximum Gasteiger partial charge on any atom is 0.573 e. The quantitative estimate of drug-likeness (QED) is 0.141. The Balaban J connectivity index is 1.67. The summed E-state index contributed by atoms with van der Waals surface area (Å²) < 4.78 is 223. The van der Waals surface area contributed by atoms with Gasteiger partial charge in [0.1, 0.15) is 11.5 Å². The second kappa shape index (κ2) is 17.6. The summed E-state index contributed by atoms with van der Waals surface area (Å²) in [5.74, 6) is -2.12. The van der Waals surface area contributed by atoms with Gasteiger partial charge in [0.2, 0.25) is 0 Å². The van der Waals surface area contributed by atoms with Crippen LogP contribution >= 0.6 is 27.5 Å². The number of ether oxygens (including phenoxy) is 2. The number of alkyl halides is 15. The lowest BCUT2D eigenvalue weighted by atomic mass is 9.81. The third-order valence-corrected chi connectivity index (χ3v) is 10.8. The summed E-state index contributed by atoms with van der Waals surface area (Å²) in [5, 5.41) is -0.647. The topological polar surface area (TPSA) is 18.5 Å². The van der Waals surface area contributed by atoms with Crippen LogP contribution in [0.1, 0.15) is 16.7 Å². The van der Waals surface area contributed by atoms with Crippen LogP contribution in [0.5, 0.6) is 11.5 Å². The number of hydrogen-bond donors (Lipinski definition) is 0. The molecule has 0 heterocycles. The minimum atomic E-state index is -5.61. The minimum absolute atomic E-state index is 0.118. The molecule has 0 radical (unpaired) electrons. The molecule has 66 heavy (non-hydrogen) atoms. The molecule has 0 saturated carbocycles. The van der Waals surface area contributed by atoms with E-state index >= 15 is 0 Å². The molecule has 7 aromatic rings. The molecule has 7 aromatic carbocycles. The molecular weight excluding hydrogens is 997 g/mol. The van der Waals surface area contributed by atoms with Crippen LogP contribution in [0.15, 0.2) is 144 Å². The molecule has 342 valence electrons. The fraction of sp³-hybridized carbons (Fsp3) is 0.106. The highest BCUT2D eigenvalue weighted by molar-refractivity contribution is 9.10. The Kier molecular flexibility index (Phi) is 12.7. The summed E-state index contributed by atoms with van der Waals surface area (Å²) >= 11 is 10.5. The Morgan fingerprint density at radius 2 is 0.939 bits per heavy atom. The molecule has 0 aliphatic carbocycles. The van der Waals surface area contributed by atoms with Crippen molar-refractivity contribution >= 4 is 27.5 Å². The molecule has 0 bridgehead atoms. The van der Waals surface area contributed by atoms with Crippen molar-refractivity contribution in [3.63, 3.8) is 0 Å². The zero-order chi connectivity index (χ0) is 48.1. The van der Waals surface area contributed by atoms with E-state index in [4.69, 9.17) is 11.6 Å². The van der Waals surface area contributed by atoms with Gasteiger partial charge in [0.25, 0.3) is 0 Å². The number of para-hydroxylation sites is 1. The molecule has 0 saturated heterocycles. The van der Waals surface area contributed by atoms with E-state index in [1.165, 1.54) is 24.3 Å². The van der Waals surface area contributed by atoms with Crippen LogP contribution in [0.4, 0.5) is 65.9 Å². The first-order chi connectivity index (χ1) is 30.7. The lowest BCUT2D eigenvalue weighted by Gasteiger charge is -2.25. The van der Waals surface area contributed by atoms with E-state index in [1.54, 1.807) is 6.07 Å². The van der Waals surface area contributed by atoms with E-state index in [2.05, 4.69) is 25.4 Å². The van der Waals surface area contributed by atoms with Crippen molar-refractivity contribution in [2.24, 2.45) is 0 Å². The molecule has 0 amide bonds. The summed E-state index contributed by atoms with van der Waals surface area (Å²) in [4.78, 5) is 0. The van der Waals surface area contributed by atoms with Gasteiger partial charge in [-0.2, -0.15) is 39.5 Å². The molecular formula is C47H23BrClF15O2. The maximum absolute atomic E-state index is 14.8. The molecule has 7 rings (SSSR count). The molecule has 0 atom stereocenters. The van der Waals surface area contributed by atoms with Crippen molar-refractivity contribution in [2.45, 2.75) is 31.3 Å². The van der Waals surface area contributed by atoms with Gasteiger partial charge in [-0.15, -0.1) is 26.3 Å². The molecule has 19 heteroatoms. The van der Waals surface area contributed by atoms with Crippen LogP contribution in [0.2, 0.25) is 5.02 Å². The van der Waals surface area contributed by atoms with Crippen molar-refractivity contribution < 1.29 is 75.3 Å². The summed E-state index contributed by atoms with van der Waals surface area (Å²) in [5.41, 5.74) is -9.23. The monoisotopic (exact) mass is 1020 g/mol. The van der Waals surface area contributed by atoms with Crippen LogP contribution in [-0.2, 0) is 18.5 Å². The van der Waals surface area contributed by atoms with Crippen molar-refractivity contribution in [2.75, 3.05) is 0 Å². The fourth-order valence-electron chi connectivity index (χ4n) is 7.33. The van der Waals surface area contributed by atoms with Crippen molar-refractivity contribution in [3.05, 3.63) is 166 Å². The molecule has 0 spiro atoms. The fourth-order valence-corrected chi connectivity index (χ4v) is 8.15. The summed E-state index contributed by atoms with van der Waals surface area (Å²) in [6.45, 7) is 0. The molecule has 0 aliphatic heterocycles. The van der Waals surface area contributed by atoms with Gasteiger partial charge in [0, 0.05) is 26.7 Å². The van der Waals surface area contributed by atoms with E-state index < -0.39 is 115 Å². The van der Waals surface area contributed by atoms with Crippen molar-refractivity contribution in [1.29, 1.82) is 0 Å². The lowest BCUT2D eigenvalue weighted by Crippen LogP contribution is -2.18. The first kappa shape index (κ1) is 47.8. The normalized spacial score (nSPS) is 12.6. The largest absolute Gasteiger partial charge is 0.573 e. The minimum Gasteiger partial charge on any atom is -0.406 e.